The number of pyridine rings is 1. The van der Waals surface area contributed by atoms with Crippen molar-refractivity contribution < 1.29 is 4.79 Å². The Hall–Kier alpha value is -1.82. The van der Waals surface area contributed by atoms with Crippen LogP contribution < -0.4 is 5.32 Å². The van der Waals surface area contributed by atoms with Crippen LogP contribution in [0.1, 0.15) is 29.4 Å². The van der Waals surface area contributed by atoms with E-state index in [1.54, 1.807) is 13.1 Å². The molecule has 1 heterocycles. The minimum Gasteiger partial charge on any atom is -0.350 e. The molecule has 1 rings (SSSR count). The monoisotopic (exact) mass is 202 g/mol. The van der Waals surface area contributed by atoms with Crippen molar-refractivity contribution in [2.75, 3.05) is 6.54 Å². The maximum Gasteiger partial charge on any atom is 0.270 e. The Balaban J connectivity index is 2.53. The second kappa shape index (κ2) is 5.82. The highest BCUT2D eigenvalue weighted by Crippen LogP contribution is 2.02. The third kappa shape index (κ3) is 3.43. The maximum absolute atomic E-state index is 11.6. The number of aryl methyl sites for hydroxylation is 1. The van der Waals surface area contributed by atoms with Crippen LogP contribution in [0.25, 0.3) is 0 Å². The fourth-order valence-corrected chi connectivity index (χ4v) is 1.17. The van der Waals surface area contributed by atoms with E-state index in [-0.39, 0.29) is 5.91 Å². The van der Waals surface area contributed by atoms with Crippen LogP contribution in [0.15, 0.2) is 18.3 Å². The molecule has 0 aliphatic heterocycles. The molecule has 78 valence electrons. The van der Waals surface area contributed by atoms with Crippen molar-refractivity contribution in [2.24, 2.45) is 0 Å². The molecule has 0 unspecified atom stereocenters. The molecule has 0 aliphatic carbocycles. The van der Waals surface area contributed by atoms with Gasteiger partial charge in [0.1, 0.15) is 5.69 Å². The molecule has 0 radical (unpaired) electrons. The first-order chi connectivity index (χ1) is 7.25. The summed E-state index contributed by atoms with van der Waals surface area (Å²) >= 11 is 0. The summed E-state index contributed by atoms with van der Waals surface area (Å²) in [4.78, 5) is 15.6. The Morgan fingerprint density at radius 2 is 2.40 bits per heavy atom. The molecule has 15 heavy (non-hydrogen) atoms. The molecule has 0 saturated carbocycles. The Morgan fingerprint density at radius 3 is 3.07 bits per heavy atom. The fourth-order valence-electron chi connectivity index (χ4n) is 1.17. The van der Waals surface area contributed by atoms with Gasteiger partial charge in [0, 0.05) is 19.2 Å². The van der Waals surface area contributed by atoms with E-state index in [9.17, 15) is 4.79 Å². The first-order valence-electron chi connectivity index (χ1n) is 4.85. The first-order valence-corrected chi connectivity index (χ1v) is 4.85. The zero-order valence-corrected chi connectivity index (χ0v) is 9.00. The molecular formula is C12H14N2O. The topological polar surface area (TPSA) is 42.0 Å². The molecule has 1 aromatic heterocycles. The van der Waals surface area contributed by atoms with Crippen LogP contribution in [-0.2, 0) is 0 Å². The van der Waals surface area contributed by atoms with Crippen LogP contribution in [0.2, 0.25) is 0 Å². The summed E-state index contributed by atoms with van der Waals surface area (Å²) in [6, 6.07) is 3.68. The molecule has 3 heteroatoms. The normalized spacial score (nSPS) is 8.93. The van der Waals surface area contributed by atoms with Crippen molar-refractivity contribution >= 4 is 5.91 Å². The van der Waals surface area contributed by atoms with E-state index in [1.807, 2.05) is 19.1 Å². The molecule has 0 saturated heterocycles. The highest BCUT2D eigenvalue weighted by molar-refractivity contribution is 5.93. The number of hydrogen-bond donors (Lipinski definition) is 1. The van der Waals surface area contributed by atoms with E-state index in [2.05, 4.69) is 22.1 Å². The fraction of sp³-hybridized carbons (Fsp3) is 0.333. The summed E-state index contributed by atoms with van der Waals surface area (Å²) in [6.07, 6.45) is 2.29. The van der Waals surface area contributed by atoms with Gasteiger partial charge in [0.05, 0.1) is 0 Å². The Kier molecular flexibility index (Phi) is 4.36. The quantitative estimate of drug-likeness (QED) is 0.596. The molecule has 3 nitrogen and oxygen atoms in total. The van der Waals surface area contributed by atoms with E-state index in [0.29, 0.717) is 18.7 Å². The minimum atomic E-state index is -0.133. The number of rotatable bonds is 3. The molecule has 1 aromatic rings. The summed E-state index contributed by atoms with van der Waals surface area (Å²) in [5.74, 6) is 5.53. The van der Waals surface area contributed by atoms with Gasteiger partial charge in [0.15, 0.2) is 0 Å². The highest BCUT2D eigenvalue weighted by atomic mass is 16.1. The Labute approximate surface area is 89.9 Å². The number of nitrogens with one attached hydrogen (secondary N) is 1. The SMILES string of the molecule is CC#CCCNC(=O)c1ncccc1C. The van der Waals surface area contributed by atoms with Crippen molar-refractivity contribution in [2.45, 2.75) is 20.3 Å². The van der Waals surface area contributed by atoms with Crippen LogP contribution in [0.5, 0.6) is 0 Å². The van der Waals surface area contributed by atoms with Gasteiger partial charge in [0.25, 0.3) is 5.91 Å². The first kappa shape index (κ1) is 11.3. The van der Waals surface area contributed by atoms with Crippen LogP contribution in [0.3, 0.4) is 0 Å². The summed E-state index contributed by atoms with van der Waals surface area (Å²) in [5.41, 5.74) is 1.37. The van der Waals surface area contributed by atoms with Crippen molar-refractivity contribution in [3.05, 3.63) is 29.6 Å². The predicted molar refractivity (Wildman–Crippen MR) is 59.4 cm³/mol. The lowest BCUT2D eigenvalue weighted by molar-refractivity contribution is 0.0949. The van der Waals surface area contributed by atoms with Gasteiger partial charge in [0.2, 0.25) is 0 Å². The third-order valence-electron chi connectivity index (χ3n) is 1.94. The van der Waals surface area contributed by atoms with Crippen LogP contribution in [0, 0.1) is 18.8 Å². The molecule has 0 spiro atoms. The van der Waals surface area contributed by atoms with E-state index in [4.69, 9.17) is 0 Å². The van der Waals surface area contributed by atoms with Gasteiger partial charge in [-0.25, -0.2) is 0 Å². The molecule has 0 atom stereocenters. The van der Waals surface area contributed by atoms with Gasteiger partial charge in [-0.15, -0.1) is 11.8 Å². The van der Waals surface area contributed by atoms with Gasteiger partial charge < -0.3 is 5.32 Å². The molecule has 0 aromatic carbocycles. The largest absolute Gasteiger partial charge is 0.350 e. The number of nitrogens with zero attached hydrogens (tertiary/aromatic N) is 1. The summed E-state index contributed by atoms with van der Waals surface area (Å²) in [5, 5.41) is 2.77. The zero-order chi connectivity index (χ0) is 11.1. The smallest absolute Gasteiger partial charge is 0.270 e. The number of carbonyl (C=O) groups is 1. The molecule has 0 aliphatic rings. The lowest BCUT2D eigenvalue weighted by atomic mass is 10.2. The van der Waals surface area contributed by atoms with Gasteiger partial charge in [-0.1, -0.05) is 6.07 Å². The summed E-state index contributed by atoms with van der Waals surface area (Å²) in [6.45, 7) is 4.22. The predicted octanol–water partition coefficient (Wildman–Crippen LogP) is 1.53. The summed E-state index contributed by atoms with van der Waals surface area (Å²) < 4.78 is 0. The average Bonchev–Trinajstić information content (AvgIpc) is 2.25. The van der Waals surface area contributed by atoms with Crippen LogP contribution in [0.4, 0.5) is 0 Å². The number of hydrogen-bond acceptors (Lipinski definition) is 2. The second-order valence-corrected chi connectivity index (χ2v) is 3.10. The van der Waals surface area contributed by atoms with Gasteiger partial charge in [-0.2, -0.15) is 0 Å². The van der Waals surface area contributed by atoms with E-state index >= 15 is 0 Å². The number of carbonyl (C=O) groups excluding carboxylic acids is 1. The molecular weight excluding hydrogens is 188 g/mol. The Morgan fingerprint density at radius 1 is 1.60 bits per heavy atom. The van der Waals surface area contributed by atoms with Gasteiger partial charge in [-0.3, -0.25) is 9.78 Å². The molecule has 0 bridgehead atoms. The Bertz CT molecular complexity index is 402. The van der Waals surface area contributed by atoms with E-state index in [0.717, 1.165) is 5.56 Å². The van der Waals surface area contributed by atoms with Crippen LogP contribution >= 0.6 is 0 Å². The standard InChI is InChI=1S/C12H14N2O/c1-3-4-5-8-14-12(15)11-10(2)7-6-9-13-11/h6-7,9H,5,8H2,1-2H3,(H,14,15). The van der Waals surface area contributed by atoms with E-state index in [1.165, 1.54) is 0 Å². The average molecular weight is 202 g/mol. The van der Waals surface area contributed by atoms with Gasteiger partial charge >= 0.3 is 0 Å². The lowest BCUT2D eigenvalue weighted by Crippen LogP contribution is -2.25. The third-order valence-corrected chi connectivity index (χ3v) is 1.94. The van der Waals surface area contributed by atoms with Crippen molar-refractivity contribution in [1.29, 1.82) is 0 Å². The highest BCUT2D eigenvalue weighted by Gasteiger charge is 2.07. The minimum absolute atomic E-state index is 0.133. The molecule has 1 N–H and O–H groups in total. The van der Waals surface area contributed by atoms with Crippen molar-refractivity contribution in [1.82, 2.24) is 10.3 Å². The van der Waals surface area contributed by atoms with Crippen molar-refractivity contribution in [3.63, 3.8) is 0 Å². The van der Waals surface area contributed by atoms with Crippen LogP contribution in [-0.4, -0.2) is 17.4 Å². The molecule has 0 fully saturated rings. The van der Waals surface area contributed by atoms with Gasteiger partial charge in [-0.05, 0) is 25.5 Å². The molecule has 1 amide bonds. The number of aromatic nitrogens is 1. The maximum atomic E-state index is 11.6. The van der Waals surface area contributed by atoms with E-state index < -0.39 is 0 Å². The number of amides is 1. The lowest BCUT2D eigenvalue weighted by Gasteiger charge is -2.04. The second-order valence-electron chi connectivity index (χ2n) is 3.10. The zero-order valence-electron chi connectivity index (χ0n) is 9.00. The summed E-state index contributed by atoms with van der Waals surface area (Å²) in [7, 11) is 0. The van der Waals surface area contributed by atoms with Crippen molar-refractivity contribution in [3.8, 4) is 11.8 Å².